The van der Waals surface area contributed by atoms with Crippen LogP contribution in [0.2, 0.25) is 0 Å². The Morgan fingerprint density at radius 1 is 1.06 bits per heavy atom. The molecule has 1 aromatic rings. The highest BCUT2D eigenvalue weighted by atomic mass is 32.2. The van der Waals surface area contributed by atoms with Gasteiger partial charge in [-0.2, -0.15) is 0 Å². The van der Waals surface area contributed by atoms with Crippen LogP contribution >= 0.6 is 0 Å². The number of sulfone groups is 1. The van der Waals surface area contributed by atoms with E-state index in [4.69, 9.17) is 0 Å². The lowest BCUT2D eigenvalue weighted by Gasteiger charge is -2.40. The zero-order valence-corrected chi connectivity index (χ0v) is 21.1. The van der Waals surface area contributed by atoms with Crippen molar-refractivity contribution in [1.29, 1.82) is 0 Å². The van der Waals surface area contributed by atoms with Crippen molar-refractivity contribution in [1.82, 2.24) is 20.4 Å². The molecule has 1 aliphatic heterocycles. The summed E-state index contributed by atoms with van der Waals surface area (Å²) in [5.41, 5.74) is -0.961. The molecule has 1 aliphatic carbocycles. The fraction of sp³-hybridized carbons (Fsp3) is 0.600. The number of carbonyl (C=O) groups excluding carboxylic acids is 2. The minimum absolute atomic E-state index is 0.195. The van der Waals surface area contributed by atoms with E-state index in [-0.39, 0.29) is 16.8 Å². The topological polar surface area (TPSA) is 98.8 Å². The summed E-state index contributed by atoms with van der Waals surface area (Å²) in [6, 6.07) is 7.61. The van der Waals surface area contributed by atoms with Crippen LogP contribution in [0.4, 0.5) is 4.79 Å². The van der Waals surface area contributed by atoms with Crippen molar-refractivity contribution in [3.05, 3.63) is 41.8 Å². The molecule has 0 unspecified atom stereocenters. The summed E-state index contributed by atoms with van der Waals surface area (Å²) in [5, 5.41) is 7.29. The maximum absolute atomic E-state index is 13.5. The summed E-state index contributed by atoms with van der Waals surface area (Å²) in [5.74, 6) is -0.227. The number of likely N-dealkylation sites (N-methyl/N-ethyl adjacent to an activating group) is 1. The zero-order chi connectivity index (χ0) is 24.6. The summed E-state index contributed by atoms with van der Waals surface area (Å²) >= 11 is 0. The molecule has 1 saturated carbocycles. The van der Waals surface area contributed by atoms with Crippen LogP contribution in [0.5, 0.6) is 0 Å². The van der Waals surface area contributed by atoms with E-state index in [2.05, 4.69) is 15.5 Å². The molecule has 0 spiro atoms. The van der Waals surface area contributed by atoms with Crippen molar-refractivity contribution in [2.45, 2.75) is 68.3 Å². The van der Waals surface area contributed by atoms with Crippen molar-refractivity contribution < 1.29 is 18.0 Å². The number of benzene rings is 1. The second-order valence-electron chi connectivity index (χ2n) is 9.42. The fourth-order valence-electron chi connectivity index (χ4n) is 4.58. The Labute approximate surface area is 203 Å². The number of hydrogen-bond acceptors (Lipinski definition) is 5. The Kier molecular flexibility index (Phi) is 9.13. The second-order valence-corrected chi connectivity index (χ2v) is 11.3. The number of rotatable bonds is 8. The molecule has 0 radical (unpaired) electrons. The normalized spacial score (nSPS) is 20.1. The minimum atomic E-state index is -3.60. The van der Waals surface area contributed by atoms with Crippen LogP contribution in [0.3, 0.4) is 0 Å². The highest BCUT2D eigenvalue weighted by Crippen LogP contribution is 2.29. The van der Waals surface area contributed by atoms with Gasteiger partial charge in [-0.05, 0) is 38.4 Å². The molecule has 3 rings (SSSR count). The van der Waals surface area contributed by atoms with Crippen LogP contribution in [-0.4, -0.2) is 75.0 Å². The molecule has 1 aromatic carbocycles. The Hall–Kier alpha value is -2.39. The SMILES string of the molecule is CCC[C@@H](/C=C/S(=O)(=O)c1ccccc1)NC(=O)C1(NC(=O)N2CCN(C)CC2)CCCCC1. The lowest BCUT2D eigenvalue weighted by molar-refractivity contribution is -0.129. The van der Waals surface area contributed by atoms with Crippen LogP contribution < -0.4 is 10.6 Å². The van der Waals surface area contributed by atoms with Gasteiger partial charge >= 0.3 is 6.03 Å². The summed E-state index contributed by atoms with van der Waals surface area (Å²) in [7, 11) is -1.57. The number of amides is 3. The first-order valence-electron chi connectivity index (χ1n) is 12.3. The van der Waals surface area contributed by atoms with Gasteiger partial charge in [0.05, 0.1) is 4.90 Å². The predicted molar refractivity (Wildman–Crippen MR) is 133 cm³/mol. The van der Waals surface area contributed by atoms with Gasteiger partial charge in [0, 0.05) is 37.6 Å². The molecule has 0 bridgehead atoms. The third kappa shape index (κ3) is 6.82. The predicted octanol–water partition coefficient (Wildman–Crippen LogP) is 2.92. The molecule has 34 heavy (non-hydrogen) atoms. The first kappa shape index (κ1) is 26.2. The summed E-state index contributed by atoms with van der Waals surface area (Å²) in [4.78, 5) is 30.7. The second kappa shape index (κ2) is 11.8. The third-order valence-corrected chi connectivity index (χ3v) is 8.20. The van der Waals surface area contributed by atoms with Gasteiger partial charge in [0.1, 0.15) is 5.54 Å². The number of urea groups is 1. The highest BCUT2D eigenvalue weighted by molar-refractivity contribution is 7.94. The third-order valence-electron chi connectivity index (χ3n) is 6.76. The molecule has 1 atom stereocenters. The van der Waals surface area contributed by atoms with Gasteiger partial charge in [-0.15, -0.1) is 0 Å². The van der Waals surface area contributed by atoms with E-state index >= 15 is 0 Å². The standard InChI is InChI=1S/C25H38N4O4S/c1-3-10-21(13-20-34(32,33)22-11-6-4-7-12-22)26-23(30)25(14-8-5-9-15-25)27-24(31)29-18-16-28(2)17-19-29/h4,6-7,11-13,20-21H,3,5,8-10,14-19H2,1-2H3,(H,26,30)(H,27,31)/b20-13+/t21-/m0/s1. The average Bonchev–Trinajstić information content (AvgIpc) is 2.84. The largest absolute Gasteiger partial charge is 0.348 e. The summed E-state index contributed by atoms with van der Waals surface area (Å²) in [6.45, 7) is 4.89. The number of hydrogen-bond donors (Lipinski definition) is 2. The average molecular weight is 491 g/mol. The van der Waals surface area contributed by atoms with Crippen LogP contribution in [0.25, 0.3) is 0 Å². The summed E-state index contributed by atoms with van der Waals surface area (Å²) < 4.78 is 25.3. The molecule has 1 heterocycles. The molecule has 3 amide bonds. The van der Waals surface area contributed by atoms with Gasteiger partial charge in [0.2, 0.25) is 5.91 Å². The van der Waals surface area contributed by atoms with Gasteiger partial charge in [0.15, 0.2) is 9.84 Å². The molecule has 2 aliphatic rings. The quantitative estimate of drug-likeness (QED) is 0.584. The lowest BCUT2D eigenvalue weighted by atomic mass is 9.80. The fourth-order valence-corrected chi connectivity index (χ4v) is 5.67. The number of nitrogens with zero attached hydrogens (tertiary/aromatic N) is 2. The molecular weight excluding hydrogens is 452 g/mol. The Morgan fingerprint density at radius 3 is 2.32 bits per heavy atom. The van der Waals surface area contributed by atoms with Crippen LogP contribution in [0.1, 0.15) is 51.9 Å². The van der Waals surface area contributed by atoms with Crippen LogP contribution in [0, 0.1) is 0 Å². The number of carbonyl (C=O) groups is 2. The molecule has 1 saturated heterocycles. The molecule has 188 valence electrons. The minimum Gasteiger partial charge on any atom is -0.348 e. The molecule has 9 heteroatoms. The first-order valence-corrected chi connectivity index (χ1v) is 13.9. The van der Waals surface area contributed by atoms with E-state index in [0.29, 0.717) is 32.4 Å². The van der Waals surface area contributed by atoms with Gasteiger partial charge in [-0.25, -0.2) is 13.2 Å². The van der Waals surface area contributed by atoms with Gasteiger partial charge in [0.25, 0.3) is 0 Å². The molecular formula is C25H38N4O4S. The van der Waals surface area contributed by atoms with Crippen molar-refractivity contribution in [3.8, 4) is 0 Å². The van der Waals surface area contributed by atoms with E-state index in [1.54, 1.807) is 41.3 Å². The van der Waals surface area contributed by atoms with E-state index in [1.165, 1.54) is 5.41 Å². The van der Waals surface area contributed by atoms with E-state index in [9.17, 15) is 18.0 Å². The van der Waals surface area contributed by atoms with Gasteiger partial charge in [-0.3, -0.25) is 4.79 Å². The monoisotopic (exact) mass is 490 g/mol. The first-order chi connectivity index (χ1) is 16.3. The maximum Gasteiger partial charge on any atom is 0.318 e. The molecule has 0 aromatic heterocycles. The van der Waals surface area contributed by atoms with E-state index in [0.717, 1.165) is 38.8 Å². The zero-order valence-electron chi connectivity index (χ0n) is 20.3. The van der Waals surface area contributed by atoms with Crippen molar-refractivity contribution in [3.63, 3.8) is 0 Å². The number of nitrogens with one attached hydrogen (secondary N) is 2. The smallest absolute Gasteiger partial charge is 0.318 e. The van der Waals surface area contributed by atoms with Crippen LogP contribution in [0.15, 0.2) is 46.7 Å². The highest BCUT2D eigenvalue weighted by Gasteiger charge is 2.42. The van der Waals surface area contributed by atoms with Crippen molar-refractivity contribution in [2.75, 3.05) is 33.2 Å². The van der Waals surface area contributed by atoms with Gasteiger partial charge in [-0.1, -0.05) is 56.9 Å². The Bertz CT molecular complexity index is 950. The van der Waals surface area contributed by atoms with E-state index in [1.807, 2.05) is 14.0 Å². The number of piperazine rings is 1. The summed E-state index contributed by atoms with van der Waals surface area (Å²) in [6.07, 6.45) is 6.89. The molecule has 2 fully saturated rings. The Balaban J connectivity index is 1.72. The van der Waals surface area contributed by atoms with E-state index < -0.39 is 21.4 Å². The van der Waals surface area contributed by atoms with Crippen molar-refractivity contribution >= 4 is 21.8 Å². The van der Waals surface area contributed by atoms with Gasteiger partial charge < -0.3 is 20.4 Å². The lowest BCUT2D eigenvalue weighted by Crippen LogP contribution is -2.64. The van der Waals surface area contributed by atoms with Crippen LogP contribution in [-0.2, 0) is 14.6 Å². The van der Waals surface area contributed by atoms with Crippen molar-refractivity contribution in [2.24, 2.45) is 0 Å². The molecule has 2 N–H and O–H groups in total. The Morgan fingerprint density at radius 2 is 1.71 bits per heavy atom. The maximum atomic E-state index is 13.5. The molecule has 8 nitrogen and oxygen atoms in total.